The zero-order chi connectivity index (χ0) is 12.5. The van der Waals surface area contributed by atoms with Crippen LogP contribution in [0.3, 0.4) is 0 Å². The van der Waals surface area contributed by atoms with E-state index in [0.29, 0.717) is 17.4 Å². The lowest BCUT2D eigenvalue weighted by molar-refractivity contribution is -0.137. The molecular weight excluding hydrogens is 233 g/mol. The Kier molecular flexibility index (Phi) is 2.71. The molecule has 0 saturated heterocycles. The second kappa shape index (κ2) is 4.04. The molecule has 0 bridgehead atoms. The molecule has 17 heavy (non-hydrogen) atoms. The number of nitrogens with zero attached hydrogens (tertiary/aromatic N) is 1. The van der Waals surface area contributed by atoms with E-state index < -0.39 is 11.7 Å². The summed E-state index contributed by atoms with van der Waals surface area (Å²) in [7, 11) is 0. The molecule has 1 N–H and O–H groups in total. The quantitative estimate of drug-likeness (QED) is 0.820. The minimum absolute atomic E-state index is 0.0128. The zero-order valence-electron chi connectivity index (χ0n) is 8.45. The van der Waals surface area contributed by atoms with Gasteiger partial charge in [-0.2, -0.15) is 18.3 Å². The number of aromatic nitrogens is 2. The number of halogens is 3. The van der Waals surface area contributed by atoms with Gasteiger partial charge < -0.3 is 0 Å². The van der Waals surface area contributed by atoms with Crippen molar-refractivity contribution in [1.82, 2.24) is 10.2 Å². The first-order valence-electron chi connectivity index (χ1n) is 4.68. The van der Waals surface area contributed by atoms with Crippen molar-refractivity contribution in [3.05, 3.63) is 41.7 Å². The summed E-state index contributed by atoms with van der Waals surface area (Å²) in [6.45, 7) is 0. The lowest BCUT2D eigenvalue weighted by atomic mass is 10.0. The number of aromatic amines is 1. The van der Waals surface area contributed by atoms with Crippen molar-refractivity contribution in [1.29, 1.82) is 0 Å². The third-order valence-electron chi connectivity index (χ3n) is 2.32. The molecule has 1 aromatic heterocycles. The number of hydrogen-bond acceptors (Lipinski definition) is 2. The molecule has 0 aliphatic heterocycles. The molecule has 0 aliphatic carbocycles. The van der Waals surface area contributed by atoms with E-state index in [4.69, 9.17) is 0 Å². The number of alkyl halides is 3. The number of hydrogen-bond donors (Lipinski definition) is 1. The number of carbonyl (C=O) groups excluding carboxylic acids is 1. The van der Waals surface area contributed by atoms with E-state index in [0.717, 1.165) is 12.1 Å². The van der Waals surface area contributed by atoms with Gasteiger partial charge in [-0.15, -0.1) is 0 Å². The second-order valence-corrected chi connectivity index (χ2v) is 3.40. The fourth-order valence-corrected chi connectivity index (χ4v) is 1.50. The topological polar surface area (TPSA) is 45.8 Å². The highest BCUT2D eigenvalue weighted by Crippen LogP contribution is 2.32. The summed E-state index contributed by atoms with van der Waals surface area (Å²) in [5.74, 6) is 0. The maximum atomic E-state index is 12.4. The first kappa shape index (κ1) is 11.4. The molecule has 0 amide bonds. The van der Waals surface area contributed by atoms with Gasteiger partial charge in [0.1, 0.15) is 0 Å². The van der Waals surface area contributed by atoms with Gasteiger partial charge in [-0.1, -0.05) is 6.07 Å². The number of nitrogens with one attached hydrogen (secondary N) is 1. The van der Waals surface area contributed by atoms with Crippen LogP contribution in [0.1, 0.15) is 15.9 Å². The highest BCUT2D eigenvalue weighted by molar-refractivity contribution is 5.87. The Labute approximate surface area is 94.3 Å². The van der Waals surface area contributed by atoms with E-state index in [9.17, 15) is 18.0 Å². The summed E-state index contributed by atoms with van der Waals surface area (Å²) < 4.78 is 37.3. The summed E-state index contributed by atoms with van der Waals surface area (Å²) in [6.07, 6.45) is -1.10. The molecule has 0 saturated carbocycles. The number of benzene rings is 1. The molecule has 0 unspecified atom stereocenters. The van der Waals surface area contributed by atoms with Gasteiger partial charge in [-0.05, 0) is 17.7 Å². The van der Waals surface area contributed by atoms with Gasteiger partial charge in [0.05, 0.1) is 11.8 Å². The summed E-state index contributed by atoms with van der Waals surface area (Å²) in [6, 6.07) is 3.03. The maximum absolute atomic E-state index is 12.4. The molecule has 0 aliphatic rings. The molecule has 0 fully saturated rings. The Balaban J connectivity index is 2.54. The van der Waals surface area contributed by atoms with Crippen molar-refractivity contribution in [2.75, 3.05) is 0 Å². The van der Waals surface area contributed by atoms with E-state index in [-0.39, 0.29) is 5.56 Å². The van der Waals surface area contributed by atoms with E-state index in [1.807, 2.05) is 0 Å². The van der Waals surface area contributed by atoms with Crippen LogP contribution >= 0.6 is 0 Å². The van der Waals surface area contributed by atoms with E-state index >= 15 is 0 Å². The molecule has 2 aromatic rings. The van der Waals surface area contributed by atoms with E-state index in [2.05, 4.69) is 10.2 Å². The van der Waals surface area contributed by atoms with Crippen molar-refractivity contribution in [3.8, 4) is 11.1 Å². The molecule has 3 nitrogen and oxygen atoms in total. The Bertz CT molecular complexity index is 532. The van der Waals surface area contributed by atoms with Crippen LogP contribution in [0.4, 0.5) is 13.2 Å². The van der Waals surface area contributed by atoms with Gasteiger partial charge in [0.2, 0.25) is 0 Å². The Morgan fingerprint density at radius 3 is 2.59 bits per heavy atom. The number of carbonyl (C=O) groups is 1. The van der Waals surface area contributed by atoms with Crippen LogP contribution in [-0.4, -0.2) is 16.5 Å². The molecule has 6 heteroatoms. The second-order valence-electron chi connectivity index (χ2n) is 3.40. The molecule has 1 heterocycles. The standard InChI is InChI=1S/C11H7F3N2O/c12-11(13,14)9-1-2-10(7(3-9)6-17)8-4-15-16-5-8/h1-6H,(H,15,16). The minimum Gasteiger partial charge on any atom is -0.298 e. The summed E-state index contributed by atoms with van der Waals surface area (Å²) >= 11 is 0. The zero-order valence-corrected chi connectivity index (χ0v) is 8.45. The molecule has 88 valence electrons. The Morgan fingerprint density at radius 1 is 1.29 bits per heavy atom. The molecule has 1 aromatic carbocycles. The molecule has 0 spiro atoms. The average Bonchev–Trinajstić information content (AvgIpc) is 2.80. The summed E-state index contributed by atoms with van der Waals surface area (Å²) in [5, 5.41) is 6.22. The average molecular weight is 240 g/mol. The van der Waals surface area contributed by atoms with Crippen LogP contribution in [-0.2, 0) is 6.18 Å². The van der Waals surface area contributed by atoms with Gasteiger partial charge in [0.15, 0.2) is 6.29 Å². The summed E-state index contributed by atoms with van der Waals surface area (Å²) in [5.41, 5.74) is 0.135. The molecule has 0 atom stereocenters. The van der Waals surface area contributed by atoms with E-state index in [1.165, 1.54) is 18.5 Å². The van der Waals surface area contributed by atoms with Crippen molar-refractivity contribution < 1.29 is 18.0 Å². The van der Waals surface area contributed by atoms with Gasteiger partial charge in [0.25, 0.3) is 0 Å². The van der Waals surface area contributed by atoms with Crippen LogP contribution in [0.2, 0.25) is 0 Å². The van der Waals surface area contributed by atoms with Gasteiger partial charge in [0, 0.05) is 17.3 Å². The number of rotatable bonds is 2. The highest BCUT2D eigenvalue weighted by Gasteiger charge is 2.31. The van der Waals surface area contributed by atoms with Crippen LogP contribution in [0.5, 0.6) is 0 Å². The van der Waals surface area contributed by atoms with Crippen molar-refractivity contribution in [3.63, 3.8) is 0 Å². The SMILES string of the molecule is O=Cc1cc(C(F)(F)F)ccc1-c1cn[nH]c1. The van der Waals surface area contributed by atoms with Crippen LogP contribution in [0.15, 0.2) is 30.6 Å². The molecule has 2 rings (SSSR count). The van der Waals surface area contributed by atoms with Gasteiger partial charge in [-0.25, -0.2) is 0 Å². The monoisotopic (exact) mass is 240 g/mol. The first-order valence-corrected chi connectivity index (χ1v) is 4.68. The highest BCUT2D eigenvalue weighted by atomic mass is 19.4. The van der Waals surface area contributed by atoms with Crippen molar-refractivity contribution in [2.45, 2.75) is 6.18 Å². The minimum atomic E-state index is -4.45. The maximum Gasteiger partial charge on any atom is 0.416 e. The largest absolute Gasteiger partial charge is 0.416 e. The predicted octanol–water partition coefficient (Wildman–Crippen LogP) is 2.91. The molecular formula is C11H7F3N2O. The first-order chi connectivity index (χ1) is 8.02. The fourth-order valence-electron chi connectivity index (χ4n) is 1.50. The Hall–Kier alpha value is -2.11. The Morgan fingerprint density at radius 2 is 2.06 bits per heavy atom. The lowest BCUT2D eigenvalue weighted by Gasteiger charge is -2.09. The molecule has 0 radical (unpaired) electrons. The lowest BCUT2D eigenvalue weighted by Crippen LogP contribution is -2.05. The van der Waals surface area contributed by atoms with Crippen molar-refractivity contribution >= 4 is 6.29 Å². The smallest absolute Gasteiger partial charge is 0.298 e. The van der Waals surface area contributed by atoms with Gasteiger partial charge >= 0.3 is 6.18 Å². The summed E-state index contributed by atoms with van der Waals surface area (Å²) in [4.78, 5) is 10.8. The van der Waals surface area contributed by atoms with E-state index in [1.54, 1.807) is 0 Å². The van der Waals surface area contributed by atoms with Crippen LogP contribution in [0, 0.1) is 0 Å². The van der Waals surface area contributed by atoms with Crippen molar-refractivity contribution in [2.24, 2.45) is 0 Å². The van der Waals surface area contributed by atoms with Crippen LogP contribution < -0.4 is 0 Å². The third kappa shape index (κ3) is 2.20. The number of aldehydes is 1. The number of H-pyrrole nitrogens is 1. The normalized spacial score (nSPS) is 11.5. The fraction of sp³-hybridized carbons (Fsp3) is 0.0909. The third-order valence-corrected chi connectivity index (χ3v) is 2.32. The van der Waals surface area contributed by atoms with Gasteiger partial charge in [-0.3, -0.25) is 9.89 Å². The van der Waals surface area contributed by atoms with Crippen LogP contribution in [0.25, 0.3) is 11.1 Å². The predicted molar refractivity (Wildman–Crippen MR) is 54.4 cm³/mol.